The number of ether oxygens (including phenoxy) is 1. The minimum atomic E-state index is -3.58. The maximum Gasteiger partial charge on any atom is 0.338 e. The molecule has 0 bridgehead atoms. The van der Waals surface area contributed by atoms with E-state index in [9.17, 15) is 17.6 Å². The van der Waals surface area contributed by atoms with Crippen molar-refractivity contribution < 1.29 is 22.3 Å². The summed E-state index contributed by atoms with van der Waals surface area (Å²) >= 11 is 1.40. The van der Waals surface area contributed by atoms with Gasteiger partial charge in [-0.15, -0.1) is 0 Å². The van der Waals surface area contributed by atoms with Crippen molar-refractivity contribution in [1.82, 2.24) is 9.29 Å². The molecule has 0 spiro atoms. The number of piperidine rings is 1. The van der Waals surface area contributed by atoms with Crippen LogP contribution >= 0.6 is 11.3 Å². The van der Waals surface area contributed by atoms with Gasteiger partial charge in [0.25, 0.3) is 0 Å². The lowest BCUT2D eigenvalue weighted by Gasteiger charge is -2.38. The quantitative estimate of drug-likeness (QED) is 0.503. The summed E-state index contributed by atoms with van der Waals surface area (Å²) in [5.41, 5.74) is 1.06. The molecule has 5 rings (SSSR count). The number of halogens is 1. The Morgan fingerprint density at radius 2 is 1.91 bits per heavy atom. The van der Waals surface area contributed by atoms with Crippen LogP contribution in [-0.2, 0) is 14.8 Å². The average molecular weight is 490 g/mol. The molecular weight excluding hydrogens is 465 g/mol. The van der Waals surface area contributed by atoms with Gasteiger partial charge in [-0.2, -0.15) is 4.31 Å². The summed E-state index contributed by atoms with van der Waals surface area (Å²) in [5, 5.41) is 0.768. The number of carbonyl (C=O) groups excluding carboxylic acids is 1. The fourth-order valence-corrected chi connectivity index (χ4v) is 6.95. The van der Waals surface area contributed by atoms with Crippen molar-refractivity contribution in [2.45, 2.75) is 43.2 Å². The number of anilines is 1. The van der Waals surface area contributed by atoms with Crippen LogP contribution in [0.1, 0.15) is 36.5 Å². The first-order valence-electron chi connectivity index (χ1n) is 11.0. The Kier molecular flexibility index (Phi) is 5.84. The van der Waals surface area contributed by atoms with E-state index in [1.807, 2.05) is 11.8 Å². The van der Waals surface area contributed by atoms with Crippen LogP contribution in [0.15, 0.2) is 47.4 Å². The van der Waals surface area contributed by atoms with Crippen molar-refractivity contribution >= 4 is 42.7 Å². The summed E-state index contributed by atoms with van der Waals surface area (Å²) < 4.78 is 47.1. The Balaban J connectivity index is 1.19. The smallest absolute Gasteiger partial charge is 0.338 e. The molecule has 1 unspecified atom stereocenters. The summed E-state index contributed by atoms with van der Waals surface area (Å²) in [4.78, 5) is 19.2. The highest BCUT2D eigenvalue weighted by molar-refractivity contribution is 7.89. The average Bonchev–Trinajstić information content (AvgIpc) is 3.18. The van der Waals surface area contributed by atoms with Gasteiger partial charge in [0.15, 0.2) is 5.13 Å². The molecule has 1 atom stereocenters. The molecule has 0 amide bonds. The van der Waals surface area contributed by atoms with E-state index in [-0.39, 0.29) is 22.9 Å². The highest BCUT2D eigenvalue weighted by Crippen LogP contribution is 2.32. The molecule has 0 N–H and O–H groups in total. The molecule has 2 saturated heterocycles. The normalized spacial score (nSPS) is 20.1. The Hall–Kier alpha value is -2.56. The highest BCUT2D eigenvalue weighted by atomic mass is 32.2. The lowest BCUT2D eigenvalue weighted by molar-refractivity contribution is 0.0234. The number of thiazole rings is 1. The number of hydrogen-bond donors (Lipinski definition) is 0. The second kappa shape index (κ2) is 8.66. The number of fused-ring (bicyclic) bond motifs is 1. The van der Waals surface area contributed by atoms with Crippen LogP contribution in [0.4, 0.5) is 9.52 Å². The first kappa shape index (κ1) is 22.2. The molecule has 0 aliphatic carbocycles. The fraction of sp³-hybridized carbons (Fsp3) is 0.391. The lowest BCUT2D eigenvalue weighted by atomic mass is 10.1. The Morgan fingerprint density at radius 3 is 2.64 bits per heavy atom. The molecule has 2 aliphatic rings. The number of nitrogens with zero attached hydrogens (tertiary/aromatic N) is 3. The standard InChI is InChI=1S/C23H24FN3O4S2/c1-15-4-2-3-11-27(15)33(29,30)19-8-5-16(6-9-19)22(28)31-18-13-26(14-18)23-25-20-10-7-17(24)12-21(20)32-23/h5-10,12,15,18H,2-4,11,13-14H2,1H3. The van der Waals surface area contributed by atoms with Crippen molar-refractivity contribution in [3.05, 3.63) is 53.8 Å². The molecule has 2 aliphatic heterocycles. The van der Waals surface area contributed by atoms with Gasteiger partial charge in [-0.3, -0.25) is 0 Å². The maximum absolute atomic E-state index is 13.4. The second-order valence-electron chi connectivity index (χ2n) is 8.53. The number of esters is 1. The zero-order chi connectivity index (χ0) is 23.2. The van der Waals surface area contributed by atoms with Crippen LogP contribution < -0.4 is 4.90 Å². The van der Waals surface area contributed by atoms with Crippen molar-refractivity contribution in [3.63, 3.8) is 0 Å². The van der Waals surface area contributed by atoms with E-state index in [4.69, 9.17) is 4.74 Å². The molecule has 7 nitrogen and oxygen atoms in total. The van der Waals surface area contributed by atoms with Gasteiger partial charge in [0.05, 0.1) is 33.8 Å². The van der Waals surface area contributed by atoms with Crippen molar-refractivity contribution in [3.8, 4) is 0 Å². The van der Waals surface area contributed by atoms with E-state index >= 15 is 0 Å². The van der Waals surface area contributed by atoms with E-state index in [0.29, 0.717) is 25.2 Å². The molecule has 1 aromatic heterocycles. The summed E-state index contributed by atoms with van der Waals surface area (Å²) in [5.74, 6) is -0.779. The van der Waals surface area contributed by atoms with E-state index in [2.05, 4.69) is 4.98 Å². The number of carbonyl (C=O) groups is 1. The van der Waals surface area contributed by atoms with Gasteiger partial charge in [-0.1, -0.05) is 17.8 Å². The molecule has 2 fully saturated rings. The van der Waals surface area contributed by atoms with Crippen LogP contribution in [0.3, 0.4) is 0 Å². The first-order chi connectivity index (χ1) is 15.8. The van der Waals surface area contributed by atoms with Crippen LogP contribution in [0.5, 0.6) is 0 Å². The molecule has 174 valence electrons. The molecular formula is C23H24FN3O4S2. The van der Waals surface area contributed by atoms with Gasteiger partial charge in [0, 0.05) is 12.6 Å². The van der Waals surface area contributed by atoms with Crippen LogP contribution in [0, 0.1) is 5.82 Å². The Bertz CT molecular complexity index is 1290. The Morgan fingerprint density at radius 1 is 1.15 bits per heavy atom. The maximum atomic E-state index is 13.4. The summed E-state index contributed by atoms with van der Waals surface area (Å²) in [6.07, 6.45) is 2.48. The predicted molar refractivity (Wildman–Crippen MR) is 125 cm³/mol. The SMILES string of the molecule is CC1CCCCN1S(=O)(=O)c1ccc(C(=O)OC2CN(c3nc4ccc(F)cc4s3)C2)cc1. The largest absolute Gasteiger partial charge is 0.455 e. The third-order valence-corrected chi connectivity index (χ3v) is 9.28. The lowest BCUT2D eigenvalue weighted by Crippen LogP contribution is -2.53. The zero-order valence-electron chi connectivity index (χ0n) is 18.1. The second-order valence-corrected chi connectivity index (χ2v) is 11.4. The van der Waals surface area contributed by atoms with Crippen molar-refractivity contribution in [2.24, 2.45) is 0 Å². The van der Waals surface area contributed by atoms with E-state index < -0.39 is 16.0 Å². The first-order valence-corrected chi connectivity index (χ1v) is 13.2. The van der Waals surface area contributed by atoms with Crippen LogP contribution in [0.25, 0.3) is 10.2 Å². The van der Waals surface area contributed by atoms with Gasteiger partial charge in [-0.05, 0) is 62.2 Å². The third-order valence-electron chi connectivity index (χ3n) is 6.17. The predicted octanol–water partition coefficient (Wildman–Crippen LogP) is 4.04. The summed E-state index contributed by atoms with van der Waals surface area (Å²) in [6.45, 7) is 3.47. The fourth-order valence-electron chi connectivity index (χ4n) is 4.24. The molecule has 2 aromatic carbocycles. The van der Waals surface area contributed by atoms with Gasteiger partial charge < -0.3 is 9.64 Å². The molecule has 0 saturated carbocycles. The monoisotopic (exact) mass is 489 g/mol. The van der Waals surface area contributed by atoms with Gasteiger partial charge in [0.2, 0.25) is 10.0 Å². The van der Waals surface area contributed by atoms with Gasteiger partial charge in [0.1, 0.15) is 11.9 Å². The van der Waals surface area contributed by atoms with Crippen molar-refractivity contribution in [1.29, 1.82) is 0 Å². The molecule has 3 heterocycles. The summed E-state index contributed by atoms with van der Waals surface area (Å²) in [6, 6.07) is 10.4. The summed E-state index contributed by atoms with van der Waals surface area (Å²) in [7, 11) is -3.58. The Labute approximate surface area is 195 Å². The van der Waals surface area contributed by atoms with Gasteiger partial charge >= 0.3 is 5.97 Å². The van der Waals surface area contributed by atoms with Gasteiger partial charge in [-0.25, -0.2) is 22.6 Å². The van der Waals surface area contributed by atoms with Crippen LogP contribution in [0.2, 0.25) is 0 Å². The molecule has 33 heavy (non-hydrogen) atoms. The van der Waals surface area contributed by atoms with Crippen LogP contribution in [-0.4, -0.2) is 55.5 Å². The number of aromatic nitrogens is 1. The number of rotatable bonds is 5. The number of benzene rings is 2. The third kappa shape index (κ3) is 4.34. The topological polar surface area (TPSA) is 79.8 Å². The number of hydrogen-bond acceptors (Lipinski definition) is 7. The van der Waals surface area contributed by atoms with Crippen molar-refractivity contribution in [2.75, 3.05) is 24.5 Å². The molecule has 3 aromatic rings. The zero-order valence-corrected chi connectivity index (χ0v) is 19.7. The van der Waals surface area contributed by atoms with E-state index in [0.717, 1.165) is 34.6 Å². The minimum absolute atomic E-state index is 0.0237. The molecule has 0 radical (unpaired) electrons. The van der Waals surface area contributed by atoms with E-state index in [1.54, 1.807) is 10.4 Å². The minimum Gasteiger partial charge on any atom is -0.455 e. The highest BCUT2D eigenvalue weighted by Gasteiger charge is 2.33. The van der Waals surface area contributed by atoms with E-state index in [1.165, 1.54) is 47.7 Å². The number of sulfonamides is 1. The molecule has 10 heteroatoms.